The van der Waals surface area contributed by atoms with Crippen LogP contribution in [0.25, 0.3) is 0 Å². The molecule has 0 amide bonds. The number of fused-ring (bicyclic) bond motifs is 5. The molecular weight excluding hydrogens is 404 g/mol. The van der Waals surface area contributed by atoms with Gasteiger partial charge in [-0.05, 0) is 80.5 Å². The van der Waals surface area contributed by atoms with Crippen LogP contribution < -0.4 is 0 Å². The number of aldehydes is 1. The van der Waals surface area contributed by atoms with Gasteiger partial charge in [0.2, 0.25) is 0 Å². The minimum Gasteiger partial charge on any atom is -0.348 e. The average molecular weight is 445 g/mol. The van der Waals surface area contributed by atoms with Gasteiger partial charge in [0.15, 0.2) is 11.6 Å². The molecule has 0 aromatic carbocycles. The van der Waals surface area contributed by atoms with Gasteiger partial charge in [-0.1, -0.05) is 18.6 Å². The van der Waals surface area contributed by atoms with Gasteiger partial charge in [0.1, 0.15) is 6.29 Å². The fourth-order valence-corrected chi connectivity index (χ4v) is 9.49. The Hall–Kier alpha value is -0.750. The van der Waals surface area contributed by atoms with Crippen molar-refractivity contribution in [1.82, 2.24) is 0 Å². The van der Waals surface area contributed by atoms with Gasteiger partial charge in [-0.2, -0.15) is 0 Å². The predicted octanol–water partition coefficient (Wildman–Crippen LogP) is 5.03. The standard InChI is InChI=1S/C27H40O5/c1-24-11-12-27(31-16-17-32-27)18-19(24)4-5-20-21(24)8-10-26(9-3-13-28)22(20)6-7-23(26)25(2)29-14-15-30-25/h4,13,20-23H,3,5-12,14-18H2,1-2H3/t20-,21-,22+,23-,24-,26?/m1/s1. The quantitative estimate of drug-likeness (QED) is 0.450. The van der Waals surface area contributed by atoms with E-state index in [9.17, 15) is 4.79 Å². The summed E-state index contributed by atoms with van der Waals surface area (Å²) in [4.78, 5) is 11.5. The Morgan fingerprint density at radius 2 is 1.69 bits per heavy atom. The summed E-state index contributed by atoms with van der Waals surface area (Å²) < 4.78 is 24.6. The van der Waals surface area contributed by atoms with E-state index in [0.29, 0.717) is 37.4 Å². The SMILES string of the molecule is CC1([C@H]2CC[C@H]3[C@@H]4CC=C5CC6(CC[C@@]5(C)[C@@H]4CCC23CCC=O)OCCO6)OCCO1. The summed E-state index contributed by atoms with van der Waals surface area (Å²) in [6, 6.07) is 0. The number of carbonyl (C=O) groups is 1. The Labute approximate surface area is 192 Å². The maximum Gasteiger partial charge on any atom is 0.172 e. The molecule has 6 rings (SSSR count). The van der Waals surface area contributed by atoms with E-state index in [4.69, 9.17) is 18.9 Å². The van der Waals surface area contributed by atoms with E-state index in [0.717, 1.165) is 44.7 Å². The van der Waals surface area contributed by atoms with Crippen LogP contribution in [0.15, 0.2) is 11.6 Å². The lowest BCUT2D eigenvalue weighted by Gasteiger charge is -2.60. The van der Waals surface area contributed by atoms with Crippen LogP contribution in [-0.4, -0.2) is 44.3 Å². The minimum atomic E-state index is -0.474. The molecule has 0 N–H and O–H groups in total. The third-order valence-electron chi connectivity index (χ3n) is 10.9. The number of hydrogen-bond donors (Lipinski definition) is 0. The maximum atomic E-state index is 11.5. The van der Waals surface area contributed by atoms with Crippen molar-refractivity contribution in [3.63, 3.8) is 0 Å². The zero-order valence-electron chi connectivity index (χ0n) is 19.9. The molecule has 5 nitrogen and oxygen atoms in total. The van der Waals surface area contributed by atoms with Crippen LogP contribution in [0.3, 0.4) is 0 Å². The number of hydrogen-bond acceptors (Lipinski definition) is 5. The highest BCUT2D eigenvalue weighted by atomic mass is 16.7. The molecule has 2 heterocycles. The van der Waals surface area contributed by atoms with Crippen molar-refractivity contribution in [2.45, 2.75) is 89.6 Å². The molecule has 6 aliphatic rings. The fourth-order valence-electron chi connectivity index (χ4n) is 9.49. The maximum absolute atomic E-state index is 11.5. The highest BCUT2D eigenvalue weighted by Gasteiger charge is 2.65. The lowest BCUT2D eigenvalue weighted by molar-refractivity contribution is -0.221. The summed E-state index contributed by atoms with van der Waals surface area (Å²) in [5.74, 6) is 1.69. The Morgan fingerprint density at radius 3 is 2.44 bits per heavy atom. The van der Waals surface area contributed by atoms with E-state index in [1.165, 1.54) is 38.5 Å². The van der Waals surface area contributed by atoms with Crippen LogP contribution in [0.4, 0.5) is 0 Å². The molecule has 1 spiro atoms. The molecule has 0 bridgehead atoms. The highest BCUT2D eigenvalue weighted by Crippen LogP contribution is 2.70. The van der Waals surface area contributed by atoms with E-state index < -0.39 is 5.79 Å². The van der Waals surface area contributed by atoms with Crippen molar-refractivity contribution in [3.05, 3.63) is 11.6 Å². The molecule has 2 aliphatic heterocycles. The molecule has 0 aromatic heterocycles. The zero-order valence-corrected chi connectivity index (χ0v) is 19.9. The summed E-state index contributed by atoms with van der Waals surface area (Å²) in [7, 11) is 0. The summed E-state index contributed by atoms with van der Waals surface area (Å²) >= 11 is 0. The Bertz CT molecular complexity index is 779. The predicted molar refractivity (Wildman–Crippen MR) is 120 cm³/mol. The van der Waals surface area contributed by atoms with Crippen molar-refractivity contribution < 1.29 is 23.7 Å². The molecule has 32 heavy (non-hydrogen) atoms. The van der Waals surface area contributed by atoms with Crippen LogP contribution in [0, 0.1) is 34.5 Å². The van der Waals surface area contributed by atoms with Crippen molar-refractivity contribution in [1.29, 1.82) is 0 Å². The summed E-state index contributed by atoms with van der Waals surface area (Å²) in [5, 5.41) is 0. The molecular formula is C27H40O5. The number of allylic oxidation sites excluding steroid dienone is 1. The van der Waals surface area contributed by atoms with Crippen molar-refractivity contribution in [3.8, 4) is 0 Å². The van der Waals surface area contributed by atoms with Crippen LogP contribution >= 0.6 is 0 Å². The van der Waals surface area contributed by atoms with Gasteiger partial charge in [-0.3, -0.25) is 0 Å². The monoisotopic (exact) mass is 444 g/mol. The average Bonchev–Trinajstić information content (AvgIpc) is 3.52. The lowest BCUT2D eigenvalue weighted by Crippen LogP contribution is -2.55. The van der Waals surface area contributed by atoms with Crippen LogP contribution in [0.5, 0.6) is 0 Å². The zero-order chi connectivity index (χ0) is 22.0. The van der Waals surface area contributed by atoms with Gasteiger partial charge < -0.3 is 23.7 Å². The molecule has 5 heteroatoms. The Morgan fingerprint density at radius 1 is 0.938 bits per heavy atom. The van der Waals surface area contributed by atoms with Crippen LogP contribution in [-0.2, 0) is 23.7 Å². The van der Waals surface area contributed by atoms with E-state index in [2.05, 4.69) is 19.9 Å². The summed E-state index contributed by atoms with van der Waals surface area (Å²) in [5.41, 5.74) is 2.04. The van der Waals surface area contributed by atoms with Crippen LogP contribution in [0.2, 0.25) is 0 Å². The van der Waals surface area contributed by atoms with Gasteiger partial charge >= 0.3 is 0 Å². The number of ether oxygens (including phenoxy) is 4. The van der Waals surface area contributed by atoms with Crippen molar-refractivity contribution in [2.24, 2.45) is 34.5 Å². The van der Waals surface area contributed by atoms with Gasteiger partial charge in [-0.15, -0.1) is 0 Å². The van der Waals surface area contributed by atoms with Gasteiger partial charge in [0.05, 0.1) is 26.4 Å². The van der Waals surface area contributed by atoms with Crippen molar-refractivity contribution >= 4 is 6.29 Å². The second kappa shape index (κ2) is 7.63. The molecule has 4 aliphatic carbocycles. The molecule has 2 saturated heterocycles. The molecule has 5 fully saturated rings. The first-order valence-electron chi connectivity index (χ1n) is 13.1. The normalized spacial score (nSPS) is 46.4. The Kier molecular flexibility index (Phi) is 5.19. The molecule has 0 radical (unpaired) electrons. The van der Waals surface area contributed by atoms with E-state index in [1.54, 1.807) is 5.57 Å². The van der Waals surface area contributed by atoms with E-state index >= 15 is 0 Å². The third kappa shape index (κ3) is 3.00. The van der Waals surface area contributed by atoms with Gasteiger partial charge in [0, 0.05) is 25.2 Å². The topological polar surface area (TPSA) is 54.0 Å². The first kappa shape index (κ1) is 21.8. The number of rotatable bonds is 4. The highest BCUT2D eigenvalue weighted by molar-refractivity contribution is 5.49. The second-order valence-electron chi connectivity index (χ2n) is 11.9. The second-order valence-corrected chi connectivity index (χ2v) is 11.9. The fraction of sp³-hybridized carbons (Fsp3) is 0.889. The minimum absolute atomic E-state index is 0.177. The largest absolute Gasteiger partial charge is 0.348 e. The molecule has 1 unspecified atom stereocenters. The van der Waals surface area contributed by atoms with E-state index in [-0.39, 0.29) is 16.6 Å². The first-order chi connectivity index (χ1) is 15.4. The number of carbonyl (C=O) groups excluding carboxylic acids is 1. The van der Waals surface area contributed by atoms with Crippen molar-refractivity contribution in [2.75, 3.05) is 26.4 Å². The van der Waals surface area contributed by atoms with Gasteiger partial charge in [0.25, 0.3) is 0 Å². The summed E-state index contributed by atoms with van der Waals surface area (Å²) in [6.45, 7) is 7.58. The molecule has 0 aromatic rings. The van der Waals surface area contributed by atoms with Crippen LogP contribution in [0.1, 0.15) is 78.1 Å². The molecule has 178 valence electrons. The smallest absolute Gasteiger partial charge is 0.172 e. The lowest BCUT2D eigenvalue weighted by atomic mass is 9.46. The first-order valence-corrected chi connectivity index (χ1v) is 13.1. The van der Waals surface area contributed by atoms with E-state index in [1.807, 2.05) is 0 Å². The third-order valence-corrected chi connectivity index (χ3v) is 10.9. The molecule has 3 saturated carbocycles. The van der Waals surface area contributed by atoms with Gasteiger partial charge in [-0.25, -0.2) is 0 Å². The summed E-state index contributed by atoms with van der Waals surface area (Å²) in [6.07, 6.45) is 14.6. The Balaban J connectivity index is 1.31. The molecule has 6 atom stereocenters.